The van der Waals surface area contributed by atoms with Crippen molar-refractivity contribution >= 4 is 21.7 Å². The molecule has 96 valence electrons. The Morgan fingerprint density at radius 1 is 1.50 bits per heavy atom. The maximum Gasteiger partial charge on any atom is 0.165 e. The van der Waals surface area contributed by atoms with Crippen LogP contribution < -0.4 is 10.5 Å². The van der Waals surface area contributed by atoms with E-state index < -0.39 is 5.82 Å². The second kappa shape index (κ2) is 4.97. The summed E-state index contributed by atoms with van der Waals surface area (Å²) in [6, 6.07) is 4.78. The van der Waals surface area contributed by atoms with E-state index in [9.17, 15) is 4.39 Å². The molecule has 0 saturated carbocycles. The van der Waals surface area contributed by atoms with Crippen molar-refractivity contribution in [3.8, 4) is 17.0 Å². The first-order valence-corrected chi connectivity index (χ1v) is 6.24. The molecule has 1 aromatic carbocycles. The van der Waals surface area contributed by atoms with Gasteiger partial charge in [-0.15, -0.1) is 0 Å². The molecule has 0 amide bonds. The van der Waals surface area contributed by atoms with Gasteiger partial charge < -0.3 is 10.5 Å². The van der Waals surface area contributed by atoms with Gasteiger partial charge in [0.25, 0.3) is 0 Å². The summed E-state index contributed by atoms with van der Waals surface area (Å²) in [5, 5.41) is 4.07. The quantitative estimate of drug-likeness (QED) is 0.947. The fourth-order valence-electron chi connectivity index (χ4n) is 1.75. The molecule has 0 fully saturated rings. The summed E-state index contributed by atoms with van der Waals surface area (Å²) in [6.07, 6.45) is 0. The van der Waals surface area contributed by atoms with Crippen molar-refractivity contribution in [3.05, 3.63) is 28.5 Å². The number of hydrogen-bond acceptors (Lipinski definition) is 3. The Morgan fingerprint density at radius 2 is 2.22 bits per heavy atom. The van der Waals surface area contributed by atoms with Crippen molar-refractivity contribution in [2.24, 2.45) is 7.05 Å². The molecule has 1 aromatic heterocycles. The minimum absolute atomic E-state index is 0.243. The summed E-state index contributed by atoms with van der Waals surface area (Å²) in [5.41, 5.74) is 7.12. The highest BCUT2D eigenvalue weighted by atomic mass is 79.9. The van der Waals surface area contributed by atoms with Crippen LogP contribution >= 0.6 is 15.9 Å². The molecular formula is C12H13BrFN3O. The average molecular weight is 314 g/mol. The van der Waals surface area contributed by atoms with E-state index >= 15 is 0 Å². The lowest BCUT2D eigenvalue weighted by Crippen LogP contribution is -1.97. The van der Waals surface area contributed by atoms with Crippen LogP contribution in [0, 0.1) is 5.82 Å². The SMILES string of the molecule is CCOc1ccc(-c2c(Br)c(N)nn2C)cc1F. The first-order valence-electron chi connectivity index (χ1n) is 5.45. The Balaban J connectivity index is 2.49. The average Bonchev–Trinajstić information content (AvgIpc) is 2.56. The lowest BCUT2D eigenvalue weighted by atomic mass is 10.1. The number of hydrogen-bond donors (Lipinski definition) is 1. The number of rotatable bonds is 3. The van der Waals surface area contributed by atoms with Gasteiger partial charge in [0.05, 0.1) is 16.8 Å². The van der Waals surface area contributed by atoms with Gasteiger partial charge in [-0.1, -0.05) is 0 Å². The van der Waals surface area contributed by atoms with Crippen LogP contribution in [0.4, 0.5) is 10.2 Å². The Kier molecular flexibility index (Phi) is 3.56. The van der Waals surface area contributed by atoms with Crippen LogP contribution in [0.3, 0.4) is 0 Å². The Labute approximate surface area is 113 Å². The van der Waals surface area contributed by atoms with Gasteiger partial charge in [-0.3, -0.25) is 4.68 Å². The van der Waals surface area contributed by atoms with Crippen LogP contribution in [0.5, 0.6) is 5.75 Å². The summed E-state index contributed by atoms with van der Waals surface area (Å²) in [7, 11) is 1.75. The molecule has 4 nitrogen and oxygen atoms in total. The van der Waals surface area contributed by atoms with Crippen LogP contribution in [-0.2, 0) is 7.05 Å². The van der Waals surface area contributed by atoms with Crippen molar-refractivity contribution in [3.63, 3.8) is 0 Å². The van der Waals surface area contributed by atoms with Crippen LogP contribution in [0.15, 0.2) is 22.7 Å². The summed E-state index contributed by atoms with van der Waals surface area (Å²) in [6.45, 7) is 2.24. The lowest BCUT2D eigenvalue weighted by molar-refractivity contribution is 0.321. The molecule has 0 aliphatic heterocycles. The highest BCUT2D eigenvalue weighted by Gasteiger charge is 2.15. The topological polar surface area (TPSA) is 53.1 Å². The van der Waals surface area contributed by atoms with Crippen molar-refractivity contribution in [2.45, 2.75) is 6.92 Å². The molecule has 0 spiro atoms. The number of aromatic nitrogens is 2. The third-order valence-electron chi connectivity index (χ3n) is 2.52. The molecule has 2 N–H and O–H groups in total. The highest BCUT2D eigenvalue weighted by molar-refractivity contribution is 9.10. The van der Waals surface area contributed by atoms with Gasteiger partial charge in [0.2, 0.25) is 0 Å². The minimum atomic E-state index is -0.402. The lowest BCUT2D eigenvalue weighted by Gasteiger charge is -2.07. The molecule has 6 heteroatoms. The number of nitrogens with zero attached hydrogens (tertiary/aromatic N) is 2. The van der Waals surface area contributed by atoms with Crippen molar-refractivity contribution in [1.82, 2.24) is 9.78 Å². The van der Waals surface area contributed by atoms with Gasteiger partial charge in [-0.05, 0) is 41.1 Å². The number of nitrogens with two attached hydrogens (primary N) is 1. The van der Waals surface area contributed by atoms with Crippen LogP contribution in [-0.4, -0.2) is 16.4 Å². The number of benzene rings is 1. The van der Waals surface area contributed by atoms with E-state index in [0.717, 1.165) is 5.69 Å². The fraction of sp³-hybridized carbons (Fsp3) is 0.250. The van der Waals surface area contributed by atoms with Crippen molar-refractivity contribution < 1.29 is 9.13 Å². The number of anilines is 1. The standard InChI is InChI=1S/C12H13BrFN3O/c1-3-18-9-5-4-7(6-8(9)14)11-10(13)12(15)16-17(11)2/h4-6H,3H2,1-2H3,(H2,15,16). The predicted molar refractivity (Wildman–Crippen MR) is 71.9 cm³/mol. The molecule has 0 atom stereocenters. The van der Waals surface area contributed by atoms with E-state index in [1.165, 1.54) is 6.07 Å². The summed E-state index contributed by atoms with van der Waals surface area (Å²) < 4.78 is 21.2. The first kappa shape index (κ1) is 12.9. The molecule has 2 aromatic rings. The zero-order valence-corrected chi connectivity index (χ0v) is 11.7. The van der Waals surface area contributed by atoms with Crippen LogP contribution in [0.1, 0.15) is 6.92 Å². The number of halogens is 2. The zero-order valence-electron chi connectivity index (χ0n) is 10.1. The second-order valence-electron chi connectivity index (χ2n) is 3.75. The zero-order chi connectivity index (χ0) is 13.3. The smallest absolute Gasteiger partial charge is 0.165 e. The number of aryl methyl sites for hydroxylation is 1. The molecule has 1 heterocycles. The summed E-state index contributed by atoms with van der Waals surface area (Å²) in [5.74, 6) is 0.218. The summed E-state index contributed by atoms with van der Waals surface area (Å²) in [4.78, 5) is 0. The van der Waals surface area contributed by atoms with E-state index in [-0.39, 0.29) is 5.75 Å². The van der Waals surface area contributed by atoms with Gasteiger partial charge >= 0.3 is 0 Å². The van der Waals surface area contributed by atoms with Gasteiger partial charge in [-0.25, -0.2) is 4.39 Å². The molecular weight excluding hydrogens is 301 g/mol. The molecule has 0 saturated heterocycles. The number of nitrogen functional groups attached to an aromatic ring is 1. The second-order valence-corrected chi connectivity index (χ2v) is 4.54. The molecule has 0 aliphatic rings. The molecule has 0 unspecified atom stereocenters. The Bertz CT molecular complexity index is 583. The normalized spacial score (nSPS) is 10.7. The van der Waals surface area contributed by atoms with Crippen molar-refractivity contribution in [2.75, 3.05) is 12.3 Å². The number of ether oxygens (including phenoxy) is 1. The Hall–Kier alpha value is -1.56. The van der Waals surface area contributed by atoms with Gasteiger partial charge in [0, 0.05) is 12.6 Å². The van der Waals surface area contributed by atoms with Gasteiger partial charge in [0.15, 0.2) is 17.4 Å². The molecule has 0 aliphatic carbocycles. The first-order chi connectivity index (χ1) is 8.54. The van der Waals surface area contributed by atoms with Gasteiger partial charge in [0.1, 0.15) is 0 Å². The maximum atomic E-state index is 13.8. The van der Waals surface area contributed by atoms with Crippen LogP contribution in [0.25, 0.3) is 11.3 Å². The maximum absolute atomic E-state index is 13.8. The summed E-state index contributed by atoms with van der Waals surface area (Å²) >= 11 is 3.35. The minimum Gasteiger partial charge on any atom is -0.491 e. The Morgan fingerprint density at radius 3 is 2.72 bits per heavy atom. The monoisotopic (exact) mass is 313 g/mol. The van der Waals surface area contributed by atoms with Gasteiger partial charge in [-0.2, -0.15) is 5.10 Å². The van der Waals surface area contributed by atoms with E-state index in [1.807, 2.05) is 6.92 Å². The molecule has 0 bridgehead atoms. The van der Waals surface area contributed by atoms with Crippen molar-refractivity contribution in [1.29, 1.82) is 0 Å². The third-order valence-corrected chi connectivity index (χ3v) is 3.30. The van der Waals surface area contributed by atoms with E-state index in [1.54, 1.807) is 23.9 Å². The van der Waals surface area contributed by atoms with E-state index in [4.69, 9.17) is 10.5 Å². The molecule has 18 heavy (non-hydrogen) atoms. The fourth-order valence-corrected chi connectivity index (χ4v) is 2.32. The van der Waals surface area contributed by atoms with E-state index in [0.29, 0.717) is 22.5 Å². The van der Waals surface area contributed by atoms with E-state index in [2.05, 4.69) is 21.0 Å². The molecule has 2 rings (SSSR count). The highest BCUT2D eigenvalue weighted by Crippen LogP contribution is 2.33. The molecule has 0 radical (unpaired) electrons. The largest absolute Gasteiger partial charge is 0.491 e. The predicted octanol–water partition coefficient (Wildman–Crippen LogP) is 2.97. The third kappa shape index (κ3) is 2.20. The van der Waals surface area contributed by atoms with Crippen LogP contribution in [0.2, 0.25) is 0 Å².